The zero-order valence-electron chi connectivity index (χ0n) is 23.1. The first-order chi connectivity index (χ1) is 19.7. The lowest BCUT2D eigenvalue weighted by Gasteiger charge is -2.30. The molecule has 0 bridgehead atoms. The molecule has 2 N–H and O–H groups in total. The number of hydrogen-bond acceptors (Lipinski definition) is 6. The summed E-state index contributed by atoms with van der Waals surface area (Å²) in [7, 11) is -0.372. The summed E-state index contributed by atoms with van der Waals surface area (Å²) in [6.45, 7) is 0.901. The van der Waals surface area contributed by atoms with E-state index >= 15 is 0 Å². The molecule has 1 saturated heterocycles. The van der Waals surface area contributed by atoms with Gasteiger partial charge in [0.2, 0.25) is 15.9 Å². The number of ether oxygens (including phenoxy) is 2. The number of nitrogens with one attached hydrogen (secondary N) is 2. The van der Waals surface area contributed by atoms with Gasteiger partial charge in [-0.3, -0.25) is 9.59 Å². The second-order valence-electron chi connectivity index (χ2n) is 9.79. The van der Waals surface area contributed by atoms with Gasteiger partial charge in [0.25, 0.3) is 5.91 Å². The van der Waals surface area contributed by atoms with Gasteiger partial charge in [0, 0.05) is 30.6 Å². The van der Waals surface area contributed by atoms with Crippen molar-refractivity contribution in [3.63, 3.8) is 0 Å². The van der Waals surface area contributed by atoms with Crippen LogP contribution in [0.3, 0.4) is 0 Å². The van der Waals surface area contributed by atoms with E-state index in [4.69, 9.17) is 21.1 Å². The Hall–Kier alpha value is -3.60. The fourth-order valence-corrected chi connectivity index (χ4v) is 6.44. The zero-order chi connectivity index (χ0) is 29.4. The Bertz CT molecular complexity index is 1470. The molecule has 0 aromatic heterocycles. The van der Waals surface area contributed by atoms with Crippen molar-refractivity contribution in [1.82, 2.24) is 9.62 Å². The van der Waals surface area contributed by atoms with Gasteiger partial charge < -0.3 is 20.1 Å². The number of carbonyl (C=O) groups is 2. The third-order valence-electron chi connectivity index (χ3n) is 7.06. The Balaban J connectivity index is 1.30. The van der Waals surface area contributed by atoms with Crippen LogP contribution in [-0.4, -0.2) is 58.4 Å². The van der Waals surface area contributed by atoms with Crippen LogP contribution in [0.4, 0.5) is 5.69 Å². The first-order valence-corrected chi connectivity index (χ1v) is 15.3. The first-order valence-electron chi connectivity index (χ1n) is 13.3. The molecular weight excluding hydrogens is 566 g/mol. The van der Waals surface area contributed by atoms with Crippen molar-refractivity contribution in [3.8, 4) is 11.5 Å². The maximum absolute atomic E-state index is 13.1. The van der Waals surface area contributed by atoms with Gasteiger partial charge in [0.15, 0.2) is 11.5 Å². The van der Waals surface area contributed by atoms with E-state index in [1.807, 2.05) is 18.2 Å². The maximum Gasteiger partial charge on any atom is 0.253 e. The zero-order valence-corrected chi connectivity index (χ0v) is 24.6. The maximum atomic E-state index is 13.1. The van der Waals surface area contributed by atoms with Gasteiger partial charge in [-0.1, -0.05) is 41.9 Å². The number of halogens is 1. The van der Waals surface area contributed by atoms with E-state index in [1.54, 1.807) is 62.8 Å². The molecule has 1 heterocycles. The van der Waals surface area contributed by atoms with Gasteiger partial charge in [-0.2, -0.15) is 0 Å². The minimum absolute atomic E-state index is 0.116. The summed E-state index contributed by atoms with van der Waals surface area (Å²) in [6, 6.07) is 19.2. The molecule has 0 spiro atoms. The average Bonchev–Trinajstić information content (AvgIpc) is 2.98. The van der Waals surface area contributed by atoms with E-state index in [-0.39, 0.29) is 36.6 Å². The number of piperidine rings is 1. The smallest absolute Gasteiger partial charge is 0.253 e. The Morgan fingerprint density at radius 1 is 0.927 bits per heavy atom. The van der Waals surface area contributed by atoms with Crippen LogP contribution in [0.25, 0.3) is 0 Å². The van der Waals surface area contributed by atoms with Crippen molar-refractivity contribution in [3.05, 3.63) is 88.4 Å². The fraction of sp³-hybridized carbons (Fsp3) is 0.333. The van der Waals surface area contributed by atoms with Crippen LogP contribution in [0.5, 0.6) is 11.5 Å². The molecule has 0 radical (unpaired) electrons. The molecule has 1 aliphatic rings. The Kier molecular flexibility index (Phi) is 10.3. The average molecular weight is 600 g/mol. The third-order valence-corrected chi connectivity index (χ3v) is 9.16. The fourth-order valence-electron chi connectivity index (χ4n) is 4.76. The normalized spacial score (nSPS) is 14.3. The Labute approximate surface area is 245 Å². The standard InChI is InChI=1S/C30H34ClN3O6S/c1-39-27-12-9-21(19-28(27)40-2)13-16-32-30(36)25-5-3-4-6-26(25)33-29(35)23-14-17-34(18-15-23)41(37,38)20-22-7-10-24(31)11-8-22/h3-12,19,23H,13-18,20H2,1-2H3,(H,32,36)(H,33,35). The number of sulfonamides is 1. The molecule has 4 rings (SSSR count). The number of methoxy groups -OCH3 is 2. The predicted octanol–water partition coefficient (Wildman–Crippen LogP) is 4.51. The van der Waals surface area contributed by atoms with Gasteiger partial charge >= 0.3 is 0 Å². The first kappa shape index (κ1) is 30.4. The molecule has 9 nitrogen and oxygen atoms in total. The molecule has 11 heteroatoms. The minimum atomic E-state index is -3.52. The molecule has 1 aliphatic heterocycles. The van der Waals surface area contributed by atoms with Crippen LogP contribution >= 0.6 is 11.6 Å². The summed E-state index contributed by atoms with van der Waals surface area (Å²) in [5.74, 6) is 0.243. The number of para-hydroxylation sites is 1. The molecule has 3 aromatic rings. The van der Waals surface area contributed by atoms with Crippen molar-refractivity contribution in [2.75, 3.05) is 39.2 Å². The molecule has 0 atom stereocenters. The van der Waals surface area contributed by atoms with E-state index in [9.17, 15) is 18.0 Å². The van der Waals surface area contributed by atoms with Gasteiger partial charge in [-0.05, 0) is 66.8 Å². The predicted molar refractivity (Wildman–Crippen MR) is 159 cm³/mol. The molecular formula is C30H34ClN3O6S. The van der Waals surface area contributed by atoms with Gasteiger partial charge in [-0.25, -0.2) is 12.7 Å². The van der Waals surface area contributed by atoms with Crippen molar-refractivity contribution in [1.29, 1.82) is 0 Å². The summed E-state index contributed by atoms with van der Waals surface area (Å²) < 4.78 is 37.8. The van der Waals surface area contributed by atoms with Crippen molar-refractivity contribution in [2.45, 2.75) is 25.0 Å². The molecule has 1 fully saturated rings. The van der Waals surface area contributed by atoms with Gasteiger partial charge in [0.1, 0.15) is 0 Å². The molecule has 0 saturated carbocycles. The molecule has 218 valence electrons. The van der Waals surface area contributed by atoms with E-state index in [0.717, 1.165) is 5.56 Å². The second-order valence-corrected chi connectivity index (χ2v) is 12.2. The summed E-state index contributed by atoms with van der Waals surface area (Å²) in [6.07, 6.45) is 1.37. The van der Waals surface area contributed by atoms with Crippen LogP contribution in [0, 0.1) is 5.92 Å². The lowest BCUT2D eigenvalue weighted by Crippen LogP contribution is -2.42. The van der Waals surface area contributed by atoms with E-state index in [0.29, 0.717) is 59.1 Å². The SMILES string of the molecule is COc1ccc(CCNC(=O)c2ccccc2NC(=O)C2CCN(S(=O)(=O)Cc3ccc(Cl)cc3)CC2)cc1OC. The third kappa shape index (κ3) is 8.00. The molecule has 2 amide bonds. The number of benzene rings is 3. The quantitative estimate of drug-likeness (QED) is 0.335. The van der Waals surface area contributed by atoms with Crippen molar-refractivity contribution >= 4 is 39.1 Å². The summed E-state index contributed by atoms with van der Waals surface area (Å²) >= 11 is 5.90. The number of amides is 2. The Morgan fingerprint density at radius 2 is 1.59 bits per heavy atom. The number of hydrogen-bond donors (Lipinski definition) is 2. The monoisotopic (exact) mass is 599 g/mol. The van der Waals surface area contributed by atoms with Gasteiger partial charge in [0.05, 0.1) is 31.2 Å². The highest BCUT2D eigenvalue weighted by Gasteiger charge is 2.31. The Morgan fingerprint density at radius 3 is 2.27 bits per heavy atom. The molecule has 3 aromatic carbocycles. The second kappa shape index (κ2) is 13.8. The number of carbonyl (C=O) groups excluding carboxylic acids is 2. The molecule has 0 aliphatic carbocycles. The summed E-state index contributed by atoms with van der Waals surface area (Å²) in [4.78, 5) is 26.1. The highest BCUT2D eigenvalue weighted by atomic mass is 35.5. The van der Waals surface area contributed by atoms with Crippen molar-refractivity contribution < 1.29 is 27.5 Å². The highest BCUT2D eigenvalue weighted by molar-refractivity contribution is 7.88. The van der Waals surface area contributed by atoms with E-state index < -0.39 is 10.0 Å². The largest absolute Gasteiger partial charge is 0.493 e. The topological polar surface area (TPSA) is 114 Å². The van der Waals surface area contributed by atoms with E-state index in [1.165, 1.54) is 4.31 Å². The van der Waals surface area contributed by atoms with Crippen LogP contribution in [0.1, 0.15) is 34.3 Å². The van der Waals surface area contributed by atoms with Crippen LogP contribution in [0.2, 0.25) is 5.02 Å². The van der Waals surface area contributed by atoms with Crippen LogP contribution in [-0.2, 0) is 27.0 Å². The van der Waals surface area contributed by atoms with Crippen molar-refractivity contribution in [2.24, 2.45) is 5.92 Å². The lowest BCUT2D eigenvalue weighted by atomic mass is 9.97. The lowest BCUT2D eigenvalue weighted by molar-refractivity contribution is -0.120. The van der Waals surface area contributed by atoms with E-state index in [2.05, 4.69) is 10.6 Å². The van der Waals surface area contributed by atoms with Crippen LogP contribution < -0.4 is 20.1 Å². The molecule has 41 heavy (non-hydrogen) atoms. The molecule has 0 unspecified atom stereocenters. The summed E-state index contributed by atoms with van der Waals surface area (Å²) in [5.41, 5.74) is 2.41. The van der Waals surface area contributed by atoms with Crippen LogP contribution in [0.15, 0.2) is 66.7 Å². The highest BCUT2D eigenvalue weighted by Crippen LogP contribution is 2.28. The summed E-state index contributed by atoms with van der Waals surface area (Å²) in [5, 5.41) is 6.34. The number of nitrogens with zero attached hydrogens (tertiary/aromatic N) is 1. The number of anilines is 1. The number of rotatable bonds is 11. The van der Waals surface area contributed by atoms with Gasteiger partial charge in [-0.15, -0.1) is 0 Å². The minimum Gasteiger partial charge on any atom is -0.493 e.